The first-order valence-electron chi connectivity index (χ1n) is 2.93. The fourth-order valence-electron chi connectivity index (χ4n) is 0.468. The molecule has 0 amide bonds. The maximum Gasteiger partial charge on any atom is 0.227 e. The van der Waals surface area contributed by atoms with Crippen molar-refractivity contribution in [1.29, 1.82) is 0 Å². The van der Waals surface area contributed by atoms with E-state index in [4.69, 9.17) is 0 Å². The predicted octanol–water partition coefficient (Wildman–Crippen LogP) is 0.884. The zero-order valence-corrected chi connectivity index (χ0v) is 8.33. The average Bonchev–Trinajstić information content (AvgIpc) is 1.60. The van der Waals surface area contributed by atoms with E-state index >= 15 is 0 Å². The van der Waals surface area contributed by atoms with Crippen LogP contribution in [0.25, 0.3) is 0 Å². The van der Waals surface area contributed by atoms with E-state index in [1.54, 1.807) is 0 Å². The Bertz CT molecular complexity index is 214. The predicted molar refractivity (Wildman–Crippen MR) is 45.6 cm³/mol. The van der Waals surface area contributed by atoms with E-state index in [0.29, 0.717) is 0 Å². The Balaban J connectivity index is 4.32. The van der Waals surface area contributed by atoms with Gasteiger partial charge in [-0.25, -0.2) is 12.8 Å². The van der Waals surface area contributed by atoms with Crippen LogP contribution < -0.4 is 4.39 Å². The van der Waals surface area contributed by atoms with Crippen LogP contribution in [0.5, 0.6) is 0 Å². The first-order chi connectivity index (χ1) is 4.27. The molecule has 0 spiro atoms. The number of nitrogens with one attached hydrogen (secondary N) is 1. The lowest BCUT2D eigenvalue weighted by Crippen LogP contribution is -2.44. The van der Waals surface area contributed by atoms with Crippen molar-refractivity contribution in [3.63, 3.8) is 0 Å². The zero-order valence-electron chi connectivity index (χ0n) is 6.51. The standard InChI is InChI=1S/C5H13NO2SSi/c1-5-9(7,8)6-10(2,3)4/h5-6H,1H2,2-4H3. The first-order valence-corrected chi connectivity index (χ1v) is 7.98. The molecule has 0 aromatic heterocycles. The molecule has 5 heteroatoms. The lowest BCUT2D eigenvalue weighted by Gasteiger charge is -2.15. The number of rotatable bonds is 3. The molecule has 0 aromatic rings. The summed E-state index contributed by atoms with van der Waals surface area (Å²) in [5.74, 6) is 0. The monoisotopic (exact) mass is 179 g/mol. The summed E-state index contributed by atoms with van der Waals surface area (Å²) >= 11 is 0. The average molecular weight is 179 g/mol. The van der Waals surface area contributed by atoms with E-state index in [2.05, 4.69) is 11.0 Å². The molecule has 1 N–H and O–H groups in total. The van der Waals surface area contributed by atoms with Gasteiger partial charge in [0.15, 0.2) is 0 Å². The van der Waals surface area contributed by atoms with Gasteiger partial charge in [-0.2, -0.15) is 0 Å². The van der Waals surface area contributed by atoms with E-state index in [-0.39, 0.29) is 0 Å². The molecule has 60 valence electrons. The largest absolute Gasteiger partial charge is 0.234 e. The van der Waals surface area contributed by atoms with E-state index in [1.165, 1.54) is 0 Å². The van der Waals surface area contributed by atoms with Crippen LogP contribution in [0.4, 0.5) is 0 Å². The van der Waals surface area contributed by atoms with Crippen molar-refractivity contribution in [2.24, 2.45) is 0 Å². The zero-order chi connectivity index (χ0) is 8.41. The highest BCUT2D eigenvalue weighted by Crippen LogP contribution is 1.98. The van der Waals surface area contributed by atoms with Crippen LogP contribution >= 0.6 is 0 Å². The highest BCUT2D eigenvalue weighted by molar-refractivity contribution is 7.93. The molecule has 0 aliphatic rings. The molecule has 0 bridgehead atoms. The molecule has 0 fully saturated rings. The maximum atomic E-state index is 10.8. The van der Waals surface area contributed by atoms with Crippen molar-refractivity contribution in [2.45, 2.75) is 19.6 Å². The topological polar surface area (TPSA) is 46.2 Å². The van der Waals surface area contributed by atoms with Crippen molar-refractivity contribution >= 4 is 18.3 Å². The fourth-order valence-corrected chi connectivity index (χ4v) is 4.22. The molecule has 0 aliphatic carbocycles. The second-order valence-corrected chi connectivity index (χ2v) is 9.80. The van der Waals surface area contributed by atoms with Crippen LogP contribution in [-0.2, 0) is 10.0 Å². The molecular formula is C5H13NO2SSi. The van der Waals surface area contributed by atoms with Gasteiger partial charge in [-0.3, -0.25) is 0 Å². The second kappa shape index (κ2) is 2.85. The van der Waals surface area contributed by atoms with Crippen molar-refractivity contribution in [1.82, 2.24) is 4.39 Å². The van der Waals surface area contributed by atoms with Crippen molar-refractivity contribution in [3.05, 3.63) is 12.0 Å². The number of hydrogen-bond acceptors (Lipinski definition) is 2. The minimum atomic E-state index is -3.20. The summed E-state index contributed by atoms with van der Waals surface area (Å²) in [5.41, 5.74) is 0. The SMILES string of the molecule is C=CS(=O)(=O)N[Si](C)(C)C. The molecule has 3 nitrogen and oxygen atoms in total. The van der Waals surface area contributed by atoms with Gasteiger partial charge < -0.3 is 0 Å². The van der Waals surface area contributed by atoms with Crippen molar-refractivity contribution < 1.29 is 8.42 Å². The van der Waals surface area contributed by atoms with E-state index < -0.39 is 18.3 Å². The lowest BCUT2D eigenvalue weighted by molar-refractivity contribution is 0.601. The molecule has 0 aromatic carbocycles. The van der Waals surface area contributed by atoms with Gasteiger partial charge in [-0.1, -0.05) is 26.2 Å². The van der Waals surface area contributed by atoms with Crippen LogP contribution in [-0.4, -0.2) is 16.7 Å². The van der Waals surface area contributed by atoms with Crippen LogP contribution in [0, 0.1) is 0 Å². The maximum absolute atomic E-state index is 10.8. The molecule has 0 saturated heterocycles. The molecule has 0 atom stereocenters. The van der Waals surface area contributed by atoms with Crippen molar-refractivity contribution in [2.75, 3.05) is 0 Å². The summed E-state index contributed by atoms with van der Waals surface area (Å²) in [7, 11) is -4.92. The molecule has 0 rings (SSSR count). The Morgan fingerprint density at radius 3 is 1.90 bits per heavy atom. The highest BCUT2D eigenvalue weighted by Gasteiger charge is 2.18. The van der Waals surface area contributed by atoms with Gasteiger partial charge in [0.25, 0.3) is 0 Å². The van der Waals surface area contributed by atoms with Crippen molar-refractivity contribution in [3.8, 4) is 0 Å². The summed E-state index contributed by atoms with van der Waals surface area (Å²) in [6.07, 6.45) is 0. The second-order valence-electron chi connectivity index (χ2n) is 3.06. The molecule has 0 unspecified atom stereocenters. The number of hydrogen-bond donors (Lipinski definition) is 1. The van der Waals surface area contributed by atoms with Gasteiger partial charge in [0.1, 0.15) is 8.24 Å². The summed E-state index contributed by atoms with van der Waals surface area (Å²) in [6.45, 7) is 8.92. The molecular weight excluding hydrogens is 166 g/mol. The third-order valence-corrected chi connectivity index (χ3v) is 4.69. The van der Waals surface area contributed by atoms with Crippen LogP contribution in [0.1, 0.15) is 0 Å². The summed E-state index contributed by atoms with van der Waals surface area (Å²) in [6, 6.07) is 0. The minimum Gasteiger partial charge on any atom is -0.234 e. The van der Waals surface area contributed by atoms with E-state index in [9.17, 15) is 8.42 Å². The molecule has 10 heavy (non-hydrogen) atoms. The number of sulfonamides is 1. The Morgan fingerprint density at radius 2 is 1.80 bits per heavy atom. The van der Waals surface area contributed by atoms with Gasteiger partial charge in [0.05, 0.1) is 0 Å². The molecule has 0 radical (unpaired) electrons. The van der Waals surface area contributed by atoms with Gasteiger partial charge in [-0.05, 0) is 0 Å². The van der Waals surface area contributed by atoms with E-state index in [0.717, 1.165) is 5.41 Å². The summed E-state index contributed by atoms with van der Waals surface area (Å²) in [5, 5.41) is 0.936. The molecule has 0 saturated carbocycles. The van der Waals surface area contributed by atoms with Crippen LogP contribution in [0.2, 0.25) is 19.6 Å². The Labute approximate surface area is 63.3 Å². The smallest absolute Gasteiger partial charge is 0.227 e. The summed E-state index contributed by atoms with van der Waals surface area (Å²) < 4.78 is 24.2. The minimum absolute atomic E-state index is 0.936. The van der Waals surface area contributed by atoms with Crippen LogP contribution in [0.3, 0.4) is 0 Å². The quantitative estimate of drug-likeness (QED) is 0.654. The summed E-state index contributed by atoms with van der Waals surface area (Å²) in [4.78, 5) is 0. The van der Waals surface area contributed by atoms with Gasteiger partial charge in [0.2, 0.25) is 10.0 Å². The Hall–Kier alpha value is -0.133. The van der Waals surface area contributed by atoms with Gasteiger partial charge in [0, 0.05) is 5.41 Å². The van der Waals surface area contributed by atoms with Gasteiger partial charge >= 0.3 is 0 Å². The Morgan fingerprint density at radius 1 is 1.40 bits per heavy atom. The lowest BCUT2D eigenvalue weighted by atomic mass is 11.3. The Kier molecular flexibility index (Phi) is 2.82. The van der Waals surface area contributed by atoms with Gasteiger partial charge in [-0.15, -0.1) is 0 Å². The van der Waals surface area contributed by atoms with Crippen LogP contribution in [0.15, 0.2) is 12.0 Å². The van der Waals surface area contributed by atoms with E-state index in [1.807, 2.05) is 19.6 Å². The fraction of sp³-hybridized carbons (Fsp3) is 0.600. The third kappa shape index (κ3) is 4.72. The normalized spacial score (nSPS) is 13.1. The molecule has 0 heterocycles. The highest BCUT2D eigenvalue weighted by atomic mass is 32.2. The first kappa shape index (κ1) is 9.87. The molecule has 0 aliphatic heterocycles. The third-order valence-electron chi connectivity index (χ3n) is 0.668.